The first kappa shape index (κ1) is 20.2. The lowest BCUT2D eigenvalue weighted by atomic mass is 10.1. The average molecular weight is 416 g/mol. The predicted molar refractivity (Wildman–Crippen MR) is 110 cm³/mol. The topological polar surface area (TPSA) is 148 Å². The average Bonchev–Trinajstić information content (AvgIpc) is 3.55. The van der Waals surface area contributed by atoms with Crippen molar-refractivity contribution in [2.45, 2.75) is 19.3 Å². The summed E-state index contributed by atoms with van der Waals surface area (Å²) < 4.78 is 0. The van der Waals surface area contributed by atoms with E-state index in [0.29, 0.717) is 42.3 Å². The van der Waals surface area contributed by atoms with Crippen LogP contribution < -0.4 is 10.6 Å². The Balaban J connectivity index is 1.43. The van der Waals surface area contributed by atoms with Crippen molar-refractivity contribution >= 4 is 23.3 Å². The standard InChI is InChI=1S/C21H20N8O2/c22-6-13-3-4-29(12-13)20(30)11-26-16-5-15(8-24-17(16)7-23)18-9-27-19(10-25-18)28-21(31)14-1-2-14/h5,8-10,13-14,26H,1-4,11-12H2,(H,27,28,31)/t13-/m1/s1. The summed E-state index contributed by atoms with van der Waals surface area (Å²) in [5.74, 6) is 0.151. The van der Waals surface area contributed by atoms with E-state index in [-0.39, 0.29) is 35.9 Å². The summed E-state index contributed by atoms with van der Waals surface area (Å²) in [6.07, 6.45) is 7.00. The fourth-order valence-corrected chi connectivity index (χ4v) is 3.32. The molecule has 2 fully saturated rings. The number of likely N-dealkylation sites (tertiary alicyclic amines) is 1. The minimum absolute atomic E-state index is 0.00419. The van der Waals surface area contributed by atoms with Crippen molar-refractivity contribution in [2.75, 3.05) is 30.3 Å². The first-order chi connectivity index (χ1) is 15.1. The van der Waals surface area contributed by atoms with Crippen molar-refractivity contribution in [3.8, 4) is 23.4 Å². The largest absolute Gasteiger partial charge is 0.374 e. The Hall–Kier alpha value is -4.05. The fourth-order valence-electron chi connectivity index (χ4n) is 3.32. The smallest absolute Gasteiger partial charge is 0.241 e. The summed E-state index contributed by atoms with van der Waals surface area (Å²) >= 11 is 0. The number of rotatable bonds is 6. The van der Waals surface area contributed by atoms with Crippen LogP contribution >= 0.6 is 0 Å². The molecule has 3 heterocycles. The summed E-state index contributed by atoms with van der Waals surface area (Å²) in [5.41, 5.74) is 1.71. The first-order valence-electron chi connectivity index (χ1n) is 10.0. The van der Waals surface area contributed by atoms with E-state index in [1.54, 1.807) is 11.0 Å². The van der Waals surface area contributed by atoms with Crippen LogP contribution in [0.4, 0.5) is 11.5 Å². The Morgan fingerprint density at radius 1 is 1.13 bits per heavy atom. The van der Waals surface area contributed by atoms with Crippen LogP contribution in [0.25, 0.3) is 11.3 Å². The van der Waals surface area contributed by atoms with Crippen LogP contribution in [-0.2, 0) is 9.59 Å². The Morgan fingerprint density at radius 2 is 1.97 bits per heavy atom. The molecule has 1 aliphatic carbocycles. The Labute approximate surface area is 178 Å². The van der Waals surface area contributed by atoms with Crippen molar-refractivity contribution in [1.82, 2.24) is 19.9 Å². The number of amides is 2. The molecule has 2 aromatic heterocycles. The van der Waals surface area contributed by atoms with Crippen molar-refractivity contribution in [3.05, 3.63) is 30.4 Å². The number of nitrogens with zero attached hydrogens (tertiary/aromatic N) is 6. The zero-order chi connectivity index (χ0) is 21.8. The molecule has 0 aromatic carbocycles. The molecule has 0 unspecified atom stereocenters. The van der Waals surface area contributed by atoms with Crippen LogP contribution in [0.15, 0.2) is 24.7 Å². The maximum atomic E-state index is 12.4. The van der Waals surface area contributed by atoms with E-state index < -0.39 is 0 Å². The normalized spacial score (nSPS) is 17.5. The van der Waals surface area contributed by atoms with Crippen LogP contribution in [0.5, 0.6) is 0 Å². The number of aromatic nitrogens is 3. The van der Waals surface area contributed by atoms with Crippen LogP contribution in [0.2, 0.25) is 0 Å². The van der Waals surface area contributed by atoms with Gasteiger partial charge in [-0.3, -0.25) is 14.6 Å². The maximum Gasteiger partial charge on any atom is 0.241 e. The number of nitriles is 2. The molecule has 1 atom stereocenters. The number of carbonyl (C=O) groups excluding carboxylic acids is 2. The summed E-state index contributed by atoms with van der Waals surface area (Å²) in [5, 5.41) is 24.0. The highest BCUT2D eigenvalue weighted by molar-refractivity contribution is 5.93. The number of anilines is 2. The van der Waals surface area contributed by atoms with Gasteiger partial charge in [0.25, 0.3) is 0 Å². The Bertz CT molecular complexity index is 1080. The molecule has 31 heavy (non-hydrogen) atoms. The van der Waals surface area contributed by atoms with Crippen LogP contribution in [0.1, 0.15) is 25.0 Å². The number of hydrogen-bond acceptors (Lipinski definition) is 8. The molecule has 0 spiro atoms. The Kier molecular flexibility index (Phi) is 5.72. The van der Waals surface area contributed by atoms with Gasteiger partial charge >= 0.3 is 0 Å². The molecule has 10 heteroatoms. The molecule has 2 aliphatic rings. The second-order valence-corrected chi connectivity index (χ2v) is 7.59. The minimum Gasteiger partial charge on any atom is -0.374 e. The third kappa shape index (κ3) is 4.75. The first-order valence-corrected chi connectivity index (χ1v) is 10.0. The van der Waals surface area contributed by atoms with Gasteiger partial charge in [-0.1, -0.05) is 0 Å². The van der Waals surface area contributed by atoms with Gasteiger partial charge in [0.15, 0.2) is 11.5 Å². The molecule has 10 nitrogen and oxygen atoms in total. The van der Waals surface area contributed by atoms with E-state index in [4.69, 9.17) is 5.26 Å². The molecule has 0 bridgehead atoms. The fraction of sp³-hybridized carbons (Fsp3) is 0.381. The van der Waals surface area contributed by atoms with Gasteiger partial charge in [0.1, 0.15) is 6.07 Å². The maximum absolute atomic E-state index is 12.4. The van der Waals surface area contributed by atoms with Crippen LogP contribution in [0, 0.1) is 34.5 Å². The second-order valence-electron chi connectivity index (χ2n) is 7.59. The van der Waals surface area contributed by atoms with Crippen LogP contribution in [-0.4, -0.2) is 51.3 Å². The molecule has 2 aromatic rings. The number of nitrogens with one attached hydrogen (secondary N) is 2. The summed E-state index contributed by atoms with van der Waals surface area (Å²) in [6.45, 7) is 0.983. The van der Waals surface area contributed by atoms with E-state index in [1.807, 2.05) is 6.07 Å². The Morgan fingerprint density at radius 3 is 2.61 bits per heavy atom. The number of pyridine rings is 1. The molecule has 156 valence electrons. The molecule has 1 saturated heterocycles. The van der Waals surface area contributed by atoms with E-state index in [1.165, 1.54) is 18.6 Å². The van der Waals surface area contributed by atoms with Crippen molar-refractivity contribution in [1.29, 1.82) is 10.5 Å². The SMILES string of the molecule is N#Cc1ncc(-c2cnc(NC(=O)C3CC3)cn2)cc1NCC(=O)N1CC[C@H](C#N)C1. The molecule has 0 radical (unpaired) electrons. The highest BCUT2D eigenvalue weighted by Crippen LogP contribution is 2.30. The molecular weight excluding hydrogens is 396 g/mol. The quantitative estimate of drug-likeness (QED) is 0.720. The molecule has 2 amide bonds. The highest BCUT2D eigenvalue weighted by atomic mass is 16.2. The van der Waals surface area contributed by atoms with Crippen LogP contribution in [0.3, 0.4) is 0 Å². The van der Waals surface area contributed by atoms with Gasteiger partial charge in [-0.2, -0.15) is 10.5 Å². The number of carbonyl (C=O) groups is 2. The summed E-state index contributed by atoms with van der Waals surface area (Å²) in [7, 11) is 0. The molecule has 1 saturated carbocycles. The summed E-state index contributed by atoms with van der Waals surface area (Å²) in [6, 6.07) is 5.88. The number of hydrogen-bond donors (Lipinski definition) is 2. The zero-order valence-electron chi connectivity index (χ0n) is 16.7. The van der Waals surface area contributed by atoms with Gasteiger partial charge in [0.05, 0.1) is 42.3 Å². The molecule has 2 N–H and O–H groups in total. The van der Waals surface area contributed by atoms with E-state index in [2.05, 4.69) is 31.7 Å². The van der Waals surface area contributed by atoms with E-state index in [0.717, 1.165) is 12.8 Å². The third-order valence-corrected chi connectivity index (χ3v) is 5.29. The molecule has 4 rings (SSSR count). The van der Waals surface area contributed by atoms with Gasteiger partial charge in [0.2, 0.25) is 11.8 Å². The minimum atomic E-state index is -0.136. The van der Waals surface area contributed by atoms with Gasteiger partial charge in [-0.25, -0.2) is 9.97 Å². The van der Waals surface area contributed by atoms with Crippen molar-refractivity contribution in [2.24, 2.45) is 11.8 Å². The second kappa shape index (κ2) is 8.76. The summed E-state index contributed by atoms with van der Waals surface area (Å²) in [4.78, 5) is 38.6. The zero-order valence-corrected chi connectivity index (χ0v) is 16.7. The van der Waals surface area contributed by atoms with Gasteiger partial charge in [0, 0.05) is 30.8 Å². The van der Waals surface area contributed by atoms with E-state index in [9.17, 15) is 14.9 Å². The van der Waals surface area contributed by atoms with Gasteiger partial charge < -0.3 is 15.5 Å². The van der Waals surface area contributed by atoms with E-state index >= 15 is 0 Å². The highest BCUT2D eigenvalue weighted by Gasteiger charge is 2.30. The molecular formula is C21H20N8O2. The predicted octanol–water partition coefficient (Wildman–Crippen LogP) is 1.54. The molecule has 1 aliphatic heterocycles. The van der Waals surface area contributed by atoms with Crippen molar-refractivity contribution < 1.29 is 9.59 Å². The third-order valence-electron chi connectivity index (χ3n) is 5.29. The lowest BCUT2D eigenvalue weighted by Gasteiger charge is -2.16. The lowest BCUT2D eigenvalue weighted by molar-refractivity contribution is -0.128. The van der Waals surface area contributed by atoms with Gasteiger partial charge in [-0.05, 0) is 25.3 Å². The van der Waals surface area contributed by atoms with Gasteiger partial charge in [-0.15, -0.1) is 0 Å². The van der Waals surface area contributed by atoms with Crippen molar-refractivity contribution in [3.63, 3.8) is 0 Å². The lowest BCUT2D eigenvalue weighted by Crippen LogP contribution is -2.33. The monoisotopic (exact) mass is 416 g/mol.